The van der Waals surface area contributed by atoms with Crippen LogP contribution in [0.25, 0.3) is 0 Å². The average molecular weight is 474 g/mol. The zero-order valence-electron chi connectivity index (χ0n) is 14.3. The van der Waals surface area contributed by atoms with Gasteiger partial charge in [0.15, 0.2) is 0 Å². The standard InChI is InChI=1S/C17H18BrClN4O3S/c18-13-5-6-16(20-11-13)21-17(24)12-22-7-9-23(10-8-22)27(25,26)15-4-2-1-3-14(15)19/h1-6,11H,7-10,12H2,(H,20,21,24). The topological polar surface area (TPSA) is 82.6 Å². The summed E-state index contributed by atoms with van der Waals surface area (Å²) in [6, 6.07) is 9.90. The number of benzene rings is 1. The van der Waals surface area contributed by atoms with Crippen molar-refractivity contribution in [2.45, 2.75) is 4.90 Å². The smallest absolute Gasteiger partial charge is 0.244 e. The van der Waals surface area contributed by atoms with E-state index in [0.717, 1.165) is 4.47 Å². The summed E-state index contributed by atoms with van der Waals surface area (Å²) < 4.78 is 27.7. The molecule has 0 bridgehead atoms. The number of pyridine rings is 1. The van der Waals surface area contributed by atoms with Gasteiger partial charge in [0, 0.05) is 36.8 Å². The molecular weight excluding hydrogens is 456 g/mol. The molecule has 1 aliphatic rings. The first-order valence-corrected chi connectivity index (χ1v) is 10.9. The highest BCUT2D eigenvalue weighted by Gasteiger charge is 2.30. The lowest BCUT2D eigenvalue weighted by Gasteiger charge is -2.33. The zero-order valence-corrected chi connectivity index (χ0v) is 17.5. The van der Waals surface area contributed by atoms with Gasteiger partial charge in [0.1, 0.15) is 10.7 Å². The second kappa shape index (κ2) is 8.66. The molecule has 1 fully saturated rings. The number of nitrogens with one attached hydrogen (secondary N) is 1. The molecule has 0 spiro atoms. The Kier molecular flexibility index (Phi) is 6.48. The molecule has 1 N–H and O–H groups in total. The van der Waals surface area contributed by atoms with E-state index in [0.29, 0.717) is 32.0 Å². The van der Waals surface area contributed by atoms with Crippen LogP contribution < -0.4 is 5.32 Å². The third-order valence-corrected chi connectivity index (χ3v) is 7.02. The van der Waals surface area contributed by atoms with Crippen LogP contribution in [0.3, 0.4) is 0 Å². The van der Waals surface area contributed by atoms with E-state index in [1.165, 1.54) is 10.4 Å². The van der Waals surface area contributed by atoms with Gasteiger partial charge in [0.2, 0.25) is 15.9 Å². The maximum atomic E-state index is 12.7. The van der Waals surface area contributed by atoms with Gasteiger partial charge in [-0.25, -0.2) is 13.4 Å². The second-order valence-electron chi connectivity index (χ2n) is 6.02. The molecule has 2 heterocycles. The maximum Gasteiger partial charge on any atom is 0.244 e. The van der Waals surface area contributed by atoms with Gasteiger partial charge in [-0.2, -0.15) is 4.31 Å². The SMILES string of the molecule is O=C(CN1CCN(S(=O)(=O)c2ccccc2Cl)CC1)Nc1ccc(Br)cn1. The summed E-state index contributed by atoms with van der Waals surface area (Å²) >= 11 is 9.32. The lowest BCUT2D eigenvalue weighted by molar-refractivity contribution is -0.117. The van der Waals surface area contributed by atoms with E-state index in [2.05, 4.69) is 26.2 Å². The fraction of sp³-hybridized carbons (Fsp3) is 0.294. The summed E-state index contributed by atoms with van der Waals surface area (Å²) in [6.45, 7) is 1.71. The van der Waals surface area contributed by atoms with Crippen LogP contribution in [0.15, 0.2) is 52.0 Å². The quantitative estimate of drug-likeness (QED) is 0.721. The van der Waals surface area contributed by atoms with Crippen molar-refractivity contribution >= 4 is 49.3 Å². The third kappa shape index (κ3) is 5.05. The van der Waals surface area contributed by atoms with Crippen molar-refractivity contribution in [1.29, 1.82) is 0 Å². The number of rotatable bonds is 5. The number of anilines is 1. The molecule has 144 valence electrons. The number of halogens is 2. The van der Waals surface area contributed by atoms with E-state index in [4.69, 9.17) is 11.6 Å². The van der Waals surface area contributed by atoms with Crippen LogP contribution in [0.1, 0.15) is 0 Å². The molecule has 1 amide bonds. The van der Waals surface area contributed by atoms with Crippen molar-refractivity contribution in [3.05, 3.63) is 52.1 Å². The molecule has 0 unspecified atom stereocenters. The molecular formula is C17H18BrClN4O3S. The second-order valence-corrected chi connectivity index (χ2v) is 9.25. The molecule has 1 saturated heterocycles. The zero-order chi connectivity index (χ0) is 19.4. The van der Waals surface area contributed by atoms with E-state index >= 15 is 0 Å². The molecule has 0 aliphatic carbocycles. The van der Waals surface area contributed by atoms with Crippen LogP contribution in [0.4, 0.5) is 5.82 Å². The third-order valence-electron chi connectivity index (χ3n) is 4.15. The number of aromatic nitrogens is 1. The normalized spacial score (nSPS) is 16.2. The van der Waals surface area contributed by atoms with Crippen LogP contribution in [-0.4, -0.2) is 61.2 Å². The Labute approximate surface area is 171 Å². The Bertz CT molecular complexity index is 916. The number of carbonyl (C=O) groups is 1. The van der Waals surface area contributed by atoms with Crippen LogP contribution in [0.2, 0.25) is 5.02 Å². The summed E-state index contributed by atoms with van der Waals surface area (Å²) in [6.07, 6.45) is 1.61. The molecule has 1 aliphatic heterocycles. The maximum absolute atomic E-state index is 12.7. The van der Waals surface area contributed by atoms with Crippen LogP contribution >= 0.6 is 27.5 Å². The molecule has 2 aromatic rings. The van der Waals surface area contributed by atoms with E-state index in [1.54, 1.807) is 36.5 Å². The summed E-state index contributed by atoms with van der Waals surface area (Å²) in [4.78, 5) is 18.3. The fourth-order valence-electron chi connectivity index (χ4n) is 2.76. The molecule has 0 radical (unpaired) electrons. The number of piperazine rings is 1. The van der Waals surface area contributed by atoms with Gasteiger partial charge in [-0.05, 0) is 40.2 Å². The first kappa shape index (κ1) is 20.2. The van der Waals surface area contributed by atoms with Crippen LogP contribution in [0.5, 0.6) is 0 Å². The Morgan fingerprint density at radius 3 is 2.48 bits per heavy atom. The molecule has 0 atom stereocenters. The van der Waals surface area contributed by atoms with E-state index in [1.807, 2.05) is 4.90 Å². The van der Waals surface area contributed by atoms with Crippen LogP contribution in [-0.2, 0) is 14.8 Å². The Hall–Kier alpha value is -1.52. The molecule has 1 aromatic heterocycles. The summed E-state index contributed by atoms with van der Waals surface area (Å²) in [5.74, 6) is 0.287. The number of amides is 1. The largest absolute Gasteiger partial charge is 0.310 e. The predicted octanol–water partition coefficient (Wildman–Crippen LogP) is 2.44. The van der Waals surface area contributed by atoms with Gasteiger partial charge in [-0.15, -0.1) is 0 Å². The van der Waals surface area contributed by atoms with E-state index in [-0.39, 0.29) is 22.4 Å². The number of sulfonamides is 1. The average Bonchev–Trinajstić information content (AvgIpc) is 2.64. The molecule has 7 nitrogen and oxygen atoms in total. The number of carbonyl (C=O) groups excluding carboxylic acids is 1. The minimum atomic E-state index is -3.64. The Morgan fingerprint density at radius 1 is 1.15 bits per heavy atom. The summed E-state index contributed by atoms with van der Waals surface area (Å²) in [5, 5.41) is 2.94. The predicted molar refractivity (Wildman–Crippen MR) is 107 cm³/mol. The van der Waals surface area contributed by atoms with Gasteiger partial charge in [-0.1, -0.05) is 23.7 Å². The first-order valence-electron chi connectivity index (χ1n) is 8.25. The summed E-state index contributed by atoms with van der Waals surface area (Å²) in [5.41, 5.74) is 0. The number of hydrogen-bond acceptors (Lipinski definition) is 5. The molecule has 1 aromatic carbocycles. The Morgan fingerprint density at radius 2 is 1.85 bits per heavy atom. The highest BCUT2D eigenvalue weighted by atomic mass is 79.9. The van der Waals surface area contributed by atoms with Gasteiger partial charge in [0.25, 0.3) is 0 Å². The van der Waals surface area contributed by atoms with Crippen molar-refractivity contribution < 1.29 is 13.2 Å². The van der Waals surface area contributed by atoms with E-state index in [9.17, 15) is 13.2 Å². The Balaban J connectivity index is 1.55. The minimum absolute atomic E-state index is 0.110. The monoisotopic (exact) mass is 472 g/mol. The highest BCUT2D eigenvalue weighted by Crippen LogP contribution is 2.25. The lowest BCUT2D eigenvalue weighted by Crippen LogP contribution is -2.50. The molecule has 10 heteroatoms. The van der Waals surface area contributed by atoms with Crippen molar-refractivity contribution in [1.82, 2.24) is 14.2 Å². The molecule has 3 rings (SSSR count). The van der Waals surface area contributed by atoms with Crippen molar-refractivity contribution in [2.24, 2.45) is 0 Å². The van der Waals surface area contributed by atoms with Gasteiger partial charge in [0.05, 0.1) is 11.6 Å². The lowest BCUT2D eigenvalue weighted by atomic mass is 10.3. The van der Waals surface area contributed by atoms with Crippen molar-refractivity contribution in [3.63, 3.8) is 0 Å². The number of nitrogens with zero attached hydrogens (tertiary/aromatic N) is 3. The first-order chi connectivity index (χ1) is 12.9. The molecule has 0 saturated carbocycles. The van der Waals surface area contributed by atoms with Gasteiger partial charge in [-0.3, -0.25) is 9.69 Å². The highest BCUT2D eigenvalue weighted by molar-refractivity contribution is 9.10. The fourth-order valence-corrected chi connectivity index (χ4v) is 4.91. The van der Waals surface area contributed by atoms with Gasteiger partial charge >= 0.3 is 0 Å². The van der Waals surface area contributed by atoms with Crippen molar-refractivity contribution in [3.8, 4) is 0 Å². The minimum Gasteiger partial charge on any atom is -0.310 e. The van der Waals surface area contributed by atoms with Crippen molar-refractivity contribution in [2.75, 3.05) is 38.0 Å². The molecule has 27 heavy (non-hydrogen) atoms. The van der Waals surface area contributed by atoms with Crippen LogP contribution in [0, 0.1) is 0 Å². The van der Waals surface area contributed by atoms with Gasteiger partial charge < -0.3 is 5.32 Å². The van der Waals surface area contributed by atoms with E-state index < -0.39 is 10.0 Å². The summed E-state index contributed by atoms with van der Waals surface area (Å²) in [7, 11) is -3.64. The number of hydrogen-bond donors (Lipinski definition) is 1.